The Hall–Kier alpha value is -3.73. The van der Waals surface area contributed by atoms with E-state index in [1.165, 1.54) is 16.6 Å². The number of thioether (sulfide) groups is 1. The van der Waals surface area contributed by atoms with Crippen molar-refractivity contribution in [2.75, 3.05) is 5.75 Å². The molecule has 3 aromatic carbocycles. The second-order valence-corrected chi connectivity index (χ2v) is 12.8. The largest absolute Gasteiger partial charge is 0.489 e. The third kappa shape index (κ3) is 6.51. The third-order valence-corrected chi connectivity index (χ3v) is 9.56. The van der Waals surface area contributed by atoms with Gasteiger partial charge in [-0.3, -0.25) is 14.2 Å². The first-order valence-electron chi connectivity index (χ1n) is 13.6. The fourth-order valence-electron chi connectivity index (χ4n) is 4.83. The van der Waals surface area contributed by atoms with Gasteiger partial charge in [-0.15, -0.1) is 11.3 Å². The van der Waals surface area contributed by atoms with E-state index < -0.39 is 0 Å². The number of fused-ring (bicyclic) bond motifs is 3. The molecule has 6 rings (SSSR count). The molecule has 0 saturated heterocycles. The molecule has 212 valence electrons. The minimum Gasteiger partial charge on any atom is -0.489 e. The average Bonchev–Trinajstić information content (AvgIpc) is 3.40. The number of benzene rings is 3. The SMILES string of the molecule is O=C(CSc1nc2sc3c(c2c(=O)n1-c1ccc(Br)cc1)CCCC3)NN=Cc1ccc(OCc2ccccc2)cc1. The molecule has 2 heterocycles. The average molecular weight is 660 g/mol. The molecule has 0 bridgehead atoms. The number of aromatic nitrogens is 2. The lowest BCUT2D eigenvalue weighted by Crippen LogP contribution is -2.24. The monoisotopic (exact) mass is 658 g/mol. The standard InChI is InChI=1S/C32H27BrN4O3S2/c33-23-12-14-24(15-13-23)37-31(39)29-26-8-4-5-9-27(26)42-30(29)35-32(37)41-20-28(38)36-34-18-21-10-16-25(17-11-21)40-19-22-6-2-1-3-7-22/h1-3,6-7,10-18H,4-5,8-9,19-20H2,(H,36,38). The van der Waals surface area contributed by atoms with Gasteiger partial charge in [0.05, 0.1) is 23.0 Å². The lowest BCUT2D eigenvalue weighted by molar-refractivity contribution is -0.118. The minimum absolute atomic E-state index is 0.0587. The maximum Gasteiger partial charge on any atom is 0.267 e. The van der Waals surface area contributed by atoms with Crippen LogP contribution in [0.25, 0.3) is 15.9 Å². The molecular formula is C32H27BrN4O3S2. The number of nitrogens with zero attached hydrogens (tertiary/aromatic N) is 3. The van der Waals surface area contributed by atoms with Crippen LogP contribution in [0, 0.1) is 0 Å². The number of aryl methyl sites for hydroxylation is 2. The van der Waals surface area contributed by atoms with Gasteiger partial charge in [0.2, 0.25) is 0 Å². The van der Waals surface area contributed by atoms with Gasteiger partial charge in [-0.2, -0.15) is 5.10 Å². The van der Waals surface area contributed by atoms with Crippen LogP contribution in [0.1, 0.15) is 34.4 Å². The van der Waals surface area contributed by atoms with Crippen LogP contribution >= 0.6 is 39.0 Å². The van der Waals surface area contributed by atoms with E-state index in [1.807, 2.05) is 78.9 Å². The number of rotatable bonds is 9. The van der Waals surface area contributed by atoms with Crippen LogP contribution in [0.4, 0.5) is 0 Å². The van der Waals surface area contributed by atoms with Gasteiger partial charge >= 0.3 is 0 Å². The lowest BCUT2D eigenvalue weighted by Gasteiger charge is -2.13. The van der Waals surface area contributed by atoms with Crippen LogP contribution in [0.3, 0.4) is 0 Å². The van der Waals surface area contributed by atoms with Crippen molar-refractivity contribution in [2.24, 2.45) is 5.10 Å². The van der Waals surface area contributed by atoms with Gasteiger partial charge in [0.25, 0.3) is 11.5 Å². The molecule has 0 unspecified atom stereocenters. The summed E-state index contributed by atoms with van der Waals surface area (Å²) in [4.78, 5) is 33.4. The van der Waals surface area contributed by atoms with E-state index in [4.69, 9.17) is 9.72 Å². The summed E-state index contributed by atoms with van der Waals surface area (Å²) in [7, 11) is 0. The van der Waals surface area contributed by atoms with E-state index in [0.29, 0.717) is 22.8 Å². The van der Waals surface area contributed by atoms with Crippen LogP contribution in [-0.2, 0) is 24.2 Å². The van der Waals surface area contributed by atoms with Crippen molar-refractivity contribution < 1.29 is 9.53 Å². The summed E-state index contributed by atoms with van der Waals surface area (Å²) in [5.41, 5.74) is 6.28. The highest BCUT2D eigenvalue weighted by molar-refractivity contribution is 9.10. The molecule has 0 spiro atoms. The number of carbonyl (C=O) groups excluding carboxylic acids is 1. The predicted molar refractivity (Wildman–Crippen MR) is 173 cm³/mol. The zero-order chi connectivity index (χ0) is 28.9. The first-order valence-corrected chi connectivity index (χ1v) is 16.2. The first kappa shape index (κ1) is 28.4. The summed E-state index contributed by atoms with van der Waals surface area (Å²) in [5.74, 6) is 0.522. The summed E-state index contributed by atoms with van der Waals surface area (Å²) in [6, 6.07) is 25.0. The molecule has 0 radical (unpaired) electrons. The van der Waals surface area contributed by atoms with Crippen LogP contribution < -0.4 is 15.7 Å². The van der Waals surface area contributed by atoms with Crippen molar-refractivity contribution in [3.05, 3.63) is 115 Å². The summed E-state index contributed by atoms with van der Waals surface area (Å²) < 4.78 is 8.36. The van der Waals surface area contributed by atoms with E-state index in [-0.39, 0.29) is 17.2 Å². The maximum atomic E-state index is 13.9. The number of thiophene rings is 1. The number of hydrazone groups is 1. The van der Waals surface area contributed by atoms with Gasteiger partial charge in [0, 0.05) is 9.35 Å². The number of amides is 1. The molecule has 1 aliphatic carbocycles. The molecule has 2 aromatic heterocycles. The van der Waals surface area contributed by atoms with E-state index in [2.05, 4.69) is 26.5 Å². The number of ether oxygens (including phenoxy) is 1. The molecule has 42 heavy (non-hydrogen) atoms. The molecule has 7 nitrogen and oxygen atoms in total. The van der Waals surface area contributed by atoms with Gasteiger partial charge in [-0.05, 0) is 90.9 Å². The first-order chi connectivity index (χ1) is 20.5. The van der Waals surface area contributed by atoms with E-state index in [9.17, 15) is 9.59 Å². The van der Waals surface area contributed by atoms with Crippen molar-refractivity contribution in [1.82, 2.24) is 15.0 Å². The second-order valence-electron chi connectivity index (χ2n) is 9.83. The van der Waals surface area contributed by atoms with Gasteiger partial charge in [0.15, 0.2) is 5.16 Å². The topological polar surface area (TPSA) is 85.6 Å². The molecule has 0 fully saturated rings. The Balaban J connectivity index is 1.13. The van der Waals surface area contributed by atoms with Gasteiger partial charge < -0.3 is 4.74 Å². The Kier molecular flexibility index (Phi) is 8.83. The third-order valence-electron chi connectivity index (χ3n) is 6.91. The second kappa shape index (κ2) is 13.1. The smallest absolute Gasteiger partial charge is 0.267 e. The number of carbonyl (C=O) groups is 1. The highest BCUT2D eigenvalue weighted by atomic mass is 79.9. The molecular weight excluding hydrogens is 632 g/mol. The number of halogens is 1. The van der Waals surface area contributed by atoms with E-state index >= 15 is 0 Å². The van der Waals surface area contributed by atoms with Gasteiger partial charge in [-0.25, -0.2) is 10.4 Å². The number of hydrogen-bond acceptors (Lipinski definition) is 7. The zero-order valence-electron chi connectivity index (χ0n) is 22.6. The quantitative estimate of drug-likeness (QED) is 0.0805. The fourth-order valence-corrected chi connectivity index (χ4v) is 7.21. The van der Waals surface area contributed by atoms with Crippen molar-refractivity contribution in [1.29, 1.82) is 0 Å². The van der Waals surface area contributed by atoms with E-state index in [0.717, 1.165) is 57.4 Å². The zero-order valence-corrected chi connectivity index (χ0v) is 25.8. The maximum absolute atomic E-state index is 13.9. The Morgan fingerprint density at radius 3 is 2.60 bits per heavy atom. The van der Waals surface area contributed by atoms with Crippen LogP contribution in [0.2, 0.25) is 0 Å². The highest BCUT2D eigenvalue weighted by Crippen LogP contribution is 2.35. The van der Waals surface area contributed by atoms with Crippen molar-refractivity contribution >= 4 is 61.4 Å². The lowest BCUT2D eigenvalue weighted by atomic mass is 9.97. The predicted octanol–water partition coefficient (Wildman–Crippen LogP) is 6.91. The van der Waals surface area contributed by atoms with Crippen LogP contribution in [-0.4, -0.2) is 27.4 Å². The molecule has 1 amide bonds. The van der Waals surface area contributed by atoms with Crippen LogP contribution in [0.5, 0.6) is 5.75 Å². The molecule has 1 N–H and O–H groups in total. The normalized spacial score (nSPS) is 12.9. The number of nitrogens with one attached hydrogen (secondary N) is 1. The number of hydrogen-bond donors (Lipinski definition) is 1. The van der Waals surface area contributed by atoms with Crippen molar-refractivity contribution in [3.63, 3.8) is 0 Å². The van der Waals surface area contributed by atoms with Gasteiger partial charge in [-0.1, -0.05) is 58.0 Å². The Morgan fingerprint density at radius 2 is 1.81 bits per heavy atom. The summed E-state index contributed by atoms with van der Waals surface area (Å²) >= 11 is 6.30. The minimum atomic E-state index is -0.291. The Morgan fingerprint density at radius 1 is 1.05 bits per heavy atom. The molecule has 0 aliphatic heterocycles. The molecule has 10 heteroatoms. The summed E-state index contributed by atoms with van der Waals surface area (Å²) in [6.07, 6.45) is 5.69. The highest BCUT2D eigenvalue weighted by Gasteiger charge is 2.23. The molecule has 1 aliphatic rings. The van der Waals surface area contributed by atoms with Crippen molar-refractivity contribution in [3.8, 4) is 11.4 Å². The van der Waals surface area contributed by atoms with E-state index in [1.54, 1.807) is 22.1 Å². The Labute approximate surface area is 259 Å². The summed E-state index contributed by atoms with van der Waals surface area (Å²) in [6.45, 7) is 0.494. The molecule has 0 atom stereocenters. The van der Waals surface area contributed by atoms with Gasteiger partial charge in [0.1, 0.15) is 17.2 Å². The van der Waals surface area contributed by atoms with Crippen LogP contribution in [0.15, 0.2) is 98.4 Å². The Bertz CT molecular complexity index is 1800. The molecule has 5 aromatic rings. The molecule has 0 saturated carbocycles. The summed E-state index contributed by atoms with van der Waals surface area (Å²) in [5, 5.41) is 5.31. The fraction of sp³-hybridized carbons (Fsp3) is 0.188. The van der Waals surface area contributed by atoms with Crippen molar-refractivity contribution in [2.45, 2.75) is 37.4 Å².